The van der Waals surface area contributed by atoms with Gasteiger partial charge in [0.25, 0.3) is 5.91 Å². The summed E-state index contributed by atoms with van der Waals surface area (Å²) in [6.07, 6.45) is 0. The van der Waals surface area contributed by atoms with Gasteiger partial charge in [0.1, 0.15) is 5.52 Å². The Morgan fingerprint density at radius 2 is 1.91 bits per heavy atom. The van der Waals surface area contributed by atoms with E-state index in [1.165, 1.54) is 5.56 Å². The molecular formula is C17H17N3O2. The molecule has 1 amide bonds. The molecule has 0 radical (unpaired) electrons. The minimum Gasteiger partial charge on any atom is -0.436 e. The Balaban J connectivity index is 2.00. The molecule has 0 aliphatic rings. The number of nitrogens with zero attached hydrogens (tertiary/aromatic N) is 2. The van der Waals surface area contributed by atoms with Gasteiger partial charge in [-0.05, 0) is 43.9 Å². The second-order valence-electron chi connectivity index (χ2n) is 5.47. The third-order valence-electron chi connectivity index (χ3n) is 3.38. The zero-order valence-electron chi connectivity index (χ0n) is 12.5. The predicted molar refractivity (Wildman–Crippen MR) is 85.4 cm³/mol. The number of carbonyl (C=O) groups is 1. The van der Waals surface area contributed by atoms with Crippen molar-refractivity contribution in [3.05, 3.63) is 53.6 Å². The Kier molecular flexibility index (Phi) is 3.65. The zero-order chi connectivity index (χ0) is 15.7. The Bertz CT molecular complexity index is 820. The highest BCUT2D eigenvalue weighted by molar-refractivity contribution is 6.03. The molecule has 1 aromatic heterocycles. The Hall–Kier alpha value is -2.66. The fourth-order valence-electron chi connectivity index (χ4n) is 2.39. The van der Waals surface area contributed by atoms with Gasteiger partial charge in [0.15, 0.2) is 5.58 Å². The van der Waals surface area contributed by atoms with Gasteiger partial charge in [0, 0.05) is 12.1 Å². The lowest BCUT2D eigenvalue weighted by Crippen LogP contribution is -2.11. The van der Waals surface area contributed by atoms with Crippen LogP contribution < -0.4 is 5.73 Å². The number of benzene rings is 2. The van der Waals surface area contributed by atoms with Crippen molar-refractivity contribution in [3.63, 3.8) is 0 Å². The summed E-state index contributed by atoms with van der Waals surface area (Å²) >= 11 is 0. The molecule has 2 aromatic carbocycles. The van der Waals surface area contributed by atoms with Crippen molar-refractivity contribution in [2.75, 3.05) is 14.1 Å². The van der Waals surface area contributed by atoms with Gasteiger partial charge in [-0.1, -0.05) is 18.2 Å². The normalized spacial score (nSPS) is 11.2. The van der Waals surface area contributed by atoms with Gasteiger partial charge in [0.05, 0.1) is 5.56 Å². The first-order valence-corrected chi connectivity index (χ1v) is 6.98. The molecule has 0 fully saturated rings. The summed E-state index contributed by atoms with van der Waals surface area (Å²) in [4.78, 5) is 18.0. The number of oxazole rings is 1. The van der Waals surface area contributed by atoms with Crippen LogP contribution in [0.5, 0.6) is 0 Å². The molecule has 0 atom stereocenters. The third-order valence-corrected chi connectivity index (χ3v) is 3.38. The molecule has 5 nitrogen and oxygen atoms in total. The average molecular weight is 295 g/mol. The standard InChI is InChI=1S/C17H17N3O2/c1-20(2)10-11-6-8-12(9-7-11)17-19-15-13(16(18)21)4-3-5-14(15)22-17/h3-9H,10H2,1-2H3,(H2,18,21). The number of rotatable bonds is 4. The summed E-state index contributed by atoms with van der Waals surface area (Å²) in [6.45, 7) is 0.875. The van der Waals surface area contributed by atoms with Gasteiger partial charge in [0.2, 0.25) is 5.89 Å². The molecule has 0 aliphatic heterocycles. The molecular weight excluding hydrogens is 278 g/mol. The molecule has 3 aromatic rings. The molecule has 0 bridgehead atoms. The number of carbonyl (C=O) groups excluding carboxylic acids is 1. The maximum absolute atomic E-state index is 11.4. The van der Waals surface area contributed by atoms with Crippen molar-refractivity contribution < 1.29 is 9.21 Å². The van der Waals surface area contributed by atoms with Crippen molar-refractivity contribution in [1.29, 1.82) is 0 Å². The SMILES string of the molecule is CN(C)Cc1ccc(-c2nc3c(C(N)=O)cccc3o2)cc1. The van der Waals surface area contributed by atoms with E-state index >= 15 is 0 Å². The molecule has 3 rings (SSSR count). The molecule has 0 saturated heterocycles. The first kappa shape index (κ1) is 14.3. The van der Waals surface area contributed by atoms with E-state index in [4.69, 9.17) is 10.2 Å². The van der Waals surface area contributed by atoms with E-state index in [0.717, 1.165) is 12.1 Å². The number of fused-ring (bicyclic) bond motifs is 1. The van der Waals surface area contributed by atoms with E-state index in [1.807, 2.05) is 38.4 Å². The second kappa shape index (κ2) is 5.61. The first-order valence-electron chi connectivity index (χ1n) is 6.98. The summed E-state index contributed by atoms with van der Waals surface area (Å²) in [5.74, 6) is -0.0214. The molecule has 0 unspecified atom stereocenters. The predicted octanol–water partition coefficient (Wildman–Crippen LogP) is 2.66. The number of hydrogen-bond donors (Lipinski definition) is 1. The maximum atomic E-state index is 11.4. The van der Waals surface area contributed by atoms with Gasteiger partial charge in [-0.25, -0.2) is 4.98 Å². The molecule has 0 saturated carbocycles. The lowest BCUT2D eigenvalue weighted by molar-refractivity contribution is 0.100. The molecule has 0 spiro atoms. The van der Waals surface area contributed by atoms with Gasteiger partial charge in [-0.3, -0.25) is 4.79 Å². The number of primary amides is 1. The van der Waals surface area contributed by atoms with E-state index in [-0.39, 0.29) is 0 Å². The van der Waals surface area contributed by atoms with E-state index in [9.17, 15) is 4.79 Å². The Morgan fingerprint density at radius 3 is 2.55 bits per heavy atom. The van der Waals surface area contributed by atoms with Crippen molar-refractivity contribution in [1.82, 2.24) is 9.88 Å². The highest BCUT2D eigenvalue weighted by atomic mass is 16.3. The van der Waals surface area contributed by atoms with Gasteiger partial charge >= 0.3 is 0 Å². The monoisotopic (exact) mass is 295 g/mol. The lowest BCUT2D eigenvalue weighted by Gasteiger charge is -2.09. The van der Waals surface area contributed by atoms with E-state index in [0.29, 0.717) is 22.6 Å². The summed E-state index contributed by atoms with van der Waals surface area (Å²) in [5, 5.41) is 0. The summed E-state index contributed by atoms with van der Waals surface area (Å²) in [5.41, 5.74) is 8.88. The van der Waals surface area contributed by atoms with Crippen LogP contribution in [0.1, 0.15) is 15.9 Å². The van der Waals surface area contributed by atoms with Crippen LogP contribution in [0.3, 0.4) is 0 Å². The maximum Gasteiger partial charge on any atom is 0.251 e. The van der Waals surface area contributed by atoms with Crippen LogP contribution in [-0.2, 0) is 6.54 Å². The zero-order valence-corrected chi connectivity index (χ0v) is 12.5. The number of hydrogen-bond acceptors (Lipinski definition) is 4. The van der Waals surface area contributed by atoms with E-state index in [1.54, 1.807) is 18.2 Å². The van der Waals surface area contributed by atoms with Gasteiger partial charge in [-0.15, -0.1) is 0 Å². The van der Waals surface area contributed by atoms with Gasteiger partial charge < -0.3 is 15.1 Å². The van der Waals surface area contributed by atoms with Crippen LogP contribution in [0, 0.1) is 0 Å². The summed E-state index contributed by atoms with van der Waals surface area (Å²) in [6, 6.07) is 13.2. The van der Waals surface area contributed by atoms with Crippen LogP contribution in [0.2, 0.25) is 0 Å². The van der Waals surface area contributed by atoms with Crippen LogP contribution >= 0.6 is 0 Å². The summed E-state index contributed by atoms with van der Waals surface area (Å²) < 4.78 is 5.74. The second-order valence-corrected chi connectivity index (χ2v) is 5.47. The van der Waals surface area contributed by atoms with Crippen molar-refractivity contribution in [2.24, 2.45) is 5.73 Å². The first-order chi connectivity index (χ1) is 10.5. The van der Waals surface area contributed by atoms with Crippen LogP contribution in [0.4, 0.5) is 0 Å². The summed E-state index contributed by atoms with van der Waals surface area (Å²) in [7, 11) is 4.06. The van der Waals surface area contributed by atoms with Crippen LogP contribution in [-0.4, -0.2) is 29.9 Å². The fourth-order valence-corrected chi connectivity index (χ4v) is 2.39. The van der Waals surface area contributed by atoms with Crippen molar-refractivity contribution in [2.45, 2.75) is 6.54 Å². The minimum atomic E-state index is -0.508. The fraction of sp³-hybridized carbons (Fsp3) is 0.176. The Labute approximate surface area is 128 Å². The minimum absolute atomic E-state index is 0.372. The number of nitrogens with two attached hydrogens (primary N) is 1. The van der Waals surface area contributed by atoms with Gasteiger partial charge in [-0.2, -0.15) is 0 Å². The smallest absolute Gasteiger partial charge is 0.251 e. The Morgan fingerprint density at radius 1 is 1.18 bits per heavy atom. The number of amides is 1. The highest BCUT2D eigenvalue weighted by Crippen LogP contribution is 2.26. The van der Waals surface area contributed by atoms with Crippen molar-refractivity contribution in [3.8, 4) is 11.5 Å². The van der Waals surface area contributed by atoms with Crippen molar-refractivity contribution >= 4 is 17.0 Å². The van der Waals surface area contributed by atoms with E-state index in [2.05, 4.69) is 9.88 Å². The van der Waals surface area contributed by atoms with Crippen LogP contribution in [0.15, 0.2) is 46.9 Å². The largest absolute Gasteiger partial charge is 0.436 e. The molecule has 0 aliphatic carbocycles. The molecule has 22 heavy (non-hydrogen) atoms. The number of para-hydroxylation sites is 1. The third kappa shape index (κ3) is 2.71. The highest BCUT2D eigenvalue weighted by Gasteiger charge is 2.14. The topological polar surface area (TPSA) is 72.4 Å². The molecule has 2 N–H and O–H groups in total. The van der Waals surface area contributed by atoms with E-state index < -0.39 is 5.91 Å². The quantitative estimate of drug-likeness (QED) is 0.803. The molecule has 1 heterocycles. The molecule has 112 valence electrons. The number of aromatic nitrogens is 1. The van der Waals surface area contributed by atoms with Crippen LogP contribution in [0.25, 0.3) is 22.6 Å². The lowest BCUT2D eigenvalue weighted by atomic mass is 10.1. The average Bonchev–Trinajstić information content (AvgIpc) is 2.90. The molecule has 5 heteroatoms.